The summed E-state index contributed by atoms with van der Waals surface area (Å²) in [5, 5.41) is 2.77. The van der Waals surface area contributed by atoms with Gasteiger partial charge in [-0.25, -0.2) is 4.79 Å². The van der Waals surface area contributed by atoms with Gasteiger partial charge < -0.3 is 15.0 Å². The standard InChI is InChI=1S/C14H28N2O2/c1-11(2)5-8-16-9-6-13(7-10-16)18-14(17)15-12(3)4/h11-13H,5-10H2,1-4H3,(H,15,17). The molecule has 1 aliphatic rings. The second kappa shape index (κ2) is 7.62. The van der Waals surface area contributed by atoms with Crippen molar-refractivity contribution in [2.24, 2.45) is 5.92 Å². The number of carbonyl (C=O) groups is 1. The van der Waals surface area contributed by atoms with Crippen molar-refractivity contribution in [3.63, 3.8) is 0 Å². The summed E-state index contributed by atoms with van der Waals surface area (Å²) in [5.74, 6) is 0.760. The lowest BCUT2D eigenvalue weighted by Gasteiger charge is -2.32. The van der Waals surface area contributed by atoms with E-state index in [0.29, 0.717) is 0 Å². The maximum atomic E-state index is 11.5. The van der Waals surface area contributed by atoms with Crippen LogP contribution in [-0.4, -0.2) is 42.8 Å². The Labute approximate surface area is 111 Å². The van der Waals surface area contributed by atoms with Gasteiger partial charge in [-0.1, -0.05) is 13.8 Å². The van der Waals surface area contributed by atoms with E-state index in [1.54, 1.807) is 0 Å². The minimum Gasteiger partial charge on any atom is -0.446 e. The van der Waals surface area contributed by atoms with Gasteiger partial charge in [0.05, 0.1) is 0 Å². The zero-order valence-electron chi connectivity index (χ0n) is 12.2. The Balaban J connectivity index is 2.17. The van der Waals surface area contributed by atoms with Crippen LogP contribution in [0.1, 0.15) is 47.0 Å². The minimum absolute atomic E-state index is 0.0963. The Morgan fingerprint density at radius 1 is 1.28 bits per heavy atom. The van der Waals surface area contributed by atoms with Gasteiger partial charge in [0.2, 0.25) is 0 Å². The maximum absolute atomic E-state index is 11.5. The number of hydrogen-bond acceptors (Lipinski definition) is 3. The molecule has 4 heteroatoms. The highest BCUT2D eigenvalue weighted by Gasteiger charge is 2.22. The number of amides is 1. The summed E-state index contributed by atoms with van der Waals surface area (Å²) in [7, 11) is 0. The zero-order chi connectivity index (χ0) is 13.5. The number of nitrogens with zero attached hydrogens (tertiary/aromatic N) is 1. The van der Waals surface area contributed by atoms with Crippen molar-refractivity contribution in [3.05, 3.63) is 0 Å². The highest BCUT2D eigenvalue weighted by molar-refractivity contribution is 5.67. The predicted octanol–water partition coefficient (Wildman–Crippen LogP) is 2.63. The van der Waals surface area contributed by atoms with Crippen LogP contribution in [-0.2, 0) is 4.74 Å². The fourth-order valence-corrected chi connectivity index (χ4v) is 2.11. The van der Waals surface area contributed by atoms with E-state index >= 15 is 0 Å². The molecule has 1 aliphatic heterocycles. The number of piperidine rings is 1. The highest BCUT2D eigenvalue weighted by Crippen LogP contribution is 2.15. The summed E-state index contributed by atoms with van der Waals surface area (Å²) in [6, 6.07) is 0.142. The first kappa shape index (κ1) is 15.3. The first-order valence-corrected chi connectivity index (χ1v) is 7.17. The average molecular weight is 256 g/mol. The van der Waals surface area contributed by atoms with E-state index in [2.05, 4.69) is 24.1 Å². The second-order valence-electron chi connectivity index (χ2n) is 5.93. The topological polar surface area (TPSA) is 41.6 Å². The van der Waals surface area contributed by atoms with Crippen molar-refractivity contribution in [1.82, 2.24) is 10.2 Å². The van der Waals surface area contributed by atoms with E-state index < -0.39 is 0 Å². The highest BCUT2D eigenvalue weighted by atomic mass is 16.6. The number of carbonyl (C=O) groups excluding carboxylic acids is 1. The van der Waals surface area contributed by atoms with Gasteiger partial charge in [0.25, 0.3) is 0 Å². The maximum Gasteiger partial charge on any atom is 0.407 e. The largest absolute Gasteiger partial charge is 0.446 e. The van der Waals surface area contributed by atoms with Gasteiger partial charge >= 0.3 is 6.09 Å². The number of rotatable bonds is 5. The molecular weight excluding hydrogens is 228 g/mol. The lowest BCUT2D eigenvalue weighted by atomic mass is 10.1. The van der Waals surface area contributed by atoms with Crippen molar-refractivity contribution in [1.29, 1.82) is 0 Å². The molecule has 1 N–H and O–H groups in total. The van der Waals surface area contributed by atoms with E-state index in [-0.39, 0.29) is 18.2 Å². The molecule has 1 heterocycles. The number of likely N-dealkylation sites (tertiary alicyclic amines) is 1. The molecule has 1 amide bonds. The molecule has 4 nitrogen and oxygen atoms in total. The summed E-state index contributed by atoms with van der Waals surface area (Å²) in [6.45, 7) is 11.7. The molecule has 1 fully saturated rings. The van der Waals surface area contributed by atoms with Crippen LogP contribution in [0.3, 0.4) is 0 Å². The summed E-state index contributed by atoms with van der Waals surface area (Å²) in [5.41, 5.74) is 0. The third kappa shape index (κ3) is 6.24. The van der Waals surface area contributed by atoms with Crippen LogP contribution in [0.5, 0.6) is 0 Å². The zero-order valence-corrected chi connectivity index (χ0v) is 12.2. The smallest absolute Gasteiger partial charge is 0.407 e. The number of hydrogen-bond donors (Lipinski definition) is 1. The predicted molar refractivity (Wildman–Crippen MR) is 73.7 cm³/mol. The van der Waals surface area contributed by atoms with Gasteiger partial charge in [0.15, 0.2) is 0 Å². The quantitative estimate of drug-likeness (QED) is 0.822. The third-order valence-electron chi connectivity index (χ3n) is 3.24. The SMILES string of the molecule is CC(C)CCN1CCC(OC(=O)NC(C)C)CC1. The Morgan fingerprint density at radius 2 is 1.89 bits per heavy atom. The lowest BCUT2D eigenvalue weighted by Crippen LogP contribution is -2.41. The van der Waals surface area contributed by atoms with E-state index in [4.69, 9.17) is 4.74 Å². The normalized spacial score (nSPS) is 18.3. The third-order valence-corrected chi connectivity index (χ3v) is 3.24. The van der Waals surface area contributed by atoms with E-state index in [1.165, 1.54) is 13.0 Å². The fraction of sp³-hybridized carbons (Fsp3) is 0.929. The van der Waals surface area contributed by atoms with Crippen molar-refractivity contribution in [2.75, 3.05) is 19.6 Å². The van der Waals surface area contributed by atoms with Crippen LogP contribution < -0.4 is 5.32 Å². The number of alkyl carbamates (subject to hydrolysis) is 1. The molecule has 0 spiro atoms. The van der Waals surface area contributed by atoms with Gasteiger partial charge in [-0.05, 0) is 45.6 Å². The first-order chi connectivity index (χ1) is 8.47. The van der Waals surface area contributed by atoms with Crippen molar-refractivity contribution in [2.45, 2.75) is 59.1 Å². The molecule has 18 heavy (non-hydrogen) atoms. The molecular formula is C14H28N2O2. The molecule has 0 unspecified atom stereocenters. The van der Waals surface area contributed by atoms with Crippen molar-refractivity contribution < 1.29 is 9.53 Å². The van der Waals surface area contributed by atoms with Crippen molar-refractivity contribution >= 4 is 6.09 Å². The van der Waals surface area contributed by atoms with E-state index in [9.17, 15) is 4.79 Å². The van der Waals surface area contributed by atoms with Gasteiger partial charge in [0, 0.05) is 19.1 Å². The fourth-order valence-electron chi connectivity index (χ4n) is 2.11. The molecule has 1 saturated heterocycles. The van der Waals surface area contributed by atoms with E-state index in [1.807, 2.05) is 13.8 Å². The Kier molecular flexibility index (Phi) is 6.47. The Morgan fingerprint density at radius 3 is 2.39 bits per heavy atom. The Bertz CT molecular complexity index is 246. The van der Waals surface area contributed by atoms with Crippen molar-refractivity contribution in [3.8, 4) is 0 Å². The van der Waals surface area contributed by atoms with Crippen LogP contribution in [0, 0.1) is 5.92 Å². The van der Waals surface area contributed by atoms with Gasteiger partial charge in [-0.15, -0.1) is 0 Å². The second-order valence-corrected chi connectivity index (χ2v) is 5.93. The molecule has 0 aromatic carbocycles. The molecule has 0 atom stereocenters. The molecule has 0 bridgehead atoms. The molecule has 0 aliphatic carbocycles. The van der Waals surface area contributed by atoms with Gasteiger partial charge in [0.1, 0.15) is 6.10 Å². The van der Waals surface area contributed by atoms with Gasteiger partial charge in [-0.3, -0.25) is 0 Å². The monoisotopic (exact) mass is 256 g/mol. The summed E-state index contributed by atoms with van der Waals surface area (Å²) in [6.07, 6.45) is 3.00. The minimum atomic E-state index is -0.273. The van der Waals surface area contributed by atoms with Crippen LogP contribution in [0.4, 0.5) is 4.79 Å². The summed E-state index contributed by atoms with van der Waals surface area (Å²) < 4.78 is 5.40. The Hall–Kier alpha value is -0.770. The molecule has 0 saturated carbocycles. The first-order valence-electron chi connectivity index (χ1n) is 7.17. The molecule has 1 rings (SSSR count). The van der Waals surface area contributed by atoms with Crippen LogP contribution >= 0.6 is 0 Å². The van der Waals surface area contributed by atoms with E-state index in [0.717, 1.165) is 31.8 Å². The molecule has 0 radical (unpaired) electrons. The number of ether oxygens (including phenoxy) is 1. The summed E-state index contributed by atoms with van der Waals surface area (Å²) in [4.78, 5) is 13.9. The summed E-state index contributed by atoms with van der Waals surface area (Å²) >= 11 is 0. The molecule has 0 aromatic rings. The lowest BCUT2D eigenvalue weighted by molar-refractivity contribution is 0.0486. The van der Waals surface area contributed by atoms with Crippen LogP contribution in [0.15, 0.2) is 0 Å². The molecule has 106 valence electrons. The van der Waals surface area contributed by atoms with Crippen LogP contribution in [0.25, 0.3) is 0 Å². The van der Waals surface area contributed by atoms with Gasteiger partial charge in [-0.2, -0.15) is 0 Å². The molecule has 0 aromatic heterocycles. The van der Waals surface area contributed by atoms with Crippen LogP contribution in [0.2, 0.25) is 0 Å². The average Bonchev–Trinajstić information content (AvgIpc) is 2.26. The number of nitrogens with one attached hydrogen (secondary N) is 1.